The number of aryl methyl sites for hydroxylation is 1. The van der Waals surface area contributed by atoms with Gasteiger partial charge < -0.3 is 14.0 Å². The average molecular weight is 512 g/mol. The highest BCUT2D eigenvalue weighted by Crippen LogP contribution is 2.43. The molecule has 0 N–H and O–H groups in total. The van der Waals surface area contributed by atoms with Gasteiger partial charge in [-0.1, -0.05) is 42.5 Å². The van der Waals surface area contributed by atoms with Gasteiger partial charge in [-0.15, -0.1) is 11.3 Å². The van der Waals surface area contributed by atoms with Crippen molar-refractivity contribution in [2.24, 2.45) is 7.05 Å². The van der Waals surface area contributed by atoms with Crippen LogP contribution < -0.4 is 4.74 Å². The first kappa shape index (κ1) is 25.3. The Morgan fingerprint density at radius 1 is 1.06 bits per heavy atom. The minimum absolute atomic E-state index is 0.0321. The standard InChI is InChI=1S/C28H24F3NO3S/c1-3-34-26(33)12-8-7-11-21-15-20-16-22(13-14-25(20)32(21)2)35-18-23-17-24(19-9-5-4-6-10-19)27(36-23)28(29,30)31/h4-17H,3,18H2,1-2H3. The number of hydrogen-bond donors (Lipinski definition) is 0. The molecular weight excluding hydrogens is 487 g/mol. The average Bonchev–Trinajstić information content (AvgIpc) is 3.43. The number of hydrogen-bond acceptors (Lipinski definition) is 4. The summed E-state index contributed by atoms with van der Waals surface area (Å²) >= 11 is 0.704. The van der Waals surface area contributed by atoms with E-state index < -0.39 is 17.0 Å². The monoisotopic (exact) mass is 511 g/mol. The van der Waals surface area contributed by atoms with Crippen molar-refractivity contribution in [2.45, 2.75) is 19.7 Å². The van der Waals surface area contributed by atoms with Crippen molar-refractivity contribution < 1.29 is 27.4 Å². The van der Waals surface area contributed by atoms with E-state index in [9.17, 15) is 18.0 Å². The first-order valence-electron chi connectivity index (χ1n) is 11.3. The lowest BCUT2D eigenvalue weighted by molar-refractivity contribution is -0.137. The second-order valence-corrected chi connectivity index (χ2v) is 9.06. The number of thiophene rings is 1. The van der Waals surface area contributed by atoms with Crippen molar-refractivity contribution in [3.05, 3.63) is 94.3 Å². The molecule has 4 aromatic rings. The molecule has 0 unspecified atom stereocenters. The van der Waals surface area contributed by atoms with Crippen molar-refractivity contribution >= 4 is 34.3 Å². The van der Waals surface area contributed by atoms with Gasteiger partial charge in [0.1, 0.15) is 17.2 Å². The Morgan fingerprint density at radius 2 is 1.83 bits per heavy atom. The molecule has 0 aliphatic rings. The summed E-state index contributed by atoms with van der Waals surface area (Å²) in [5, 5.41) is 0.927. The Labute approximate surface area is 210 Å². The molecule has 0 aliphatic carbocycles. The SMILES string of the molecule is CCOC(=O)C=CC=Cc1cc2cc(OCc3cc(-c4ccccc4)c(C(F)(F)F)s3)ccc2n1C. The van der Waals surface area contributed by atoms with Gasteiger partial charge in [-0.2, -0.15) is 13.2 Å². The first-order valence-corrected chi connectivity index (χ1v) is 12.1. The molecule has 36 heavy (non-hydrogen) atoms. The smallest absolute Gasteiger partial charge is 0.426 e. The lowest BCUT2D eigenvalue weighted by Crippen LogP contribution is -2.03. The predicted molar refractivity (Wildman–Crippen MR) is 137 cm³/mol. The largest absolute Gasteiger partial charge is 0.488 e. The van der Waals surface area contributed by atoms with Crippen LogP contribution in [0.15, 0.2) is 78.9 Å². The fourth-order valence-corrected chi connectivity index (χ4v) is 4.75. The van der Waals surface area contributed by atoms with E-state index in [4.69, 9.17) is 9.47 Å². The highest BCUT2D eigenvalue weighted by Gasteiger charge is 2.36. The molecule has 0 bridgehead atoms. The number of carbonyl (C=O) groups is 1. The number of carbonyl (C=O) groups excluding carboxylic acids is 1. The number of rotatable bonds is 8. The minimum Gasteiger partial charge on any atom is -0.488 e. The molecule has 0 atom stereocenters. The number of benzene rings is 2. The molecule has 2 aromatic heterocycles. The molecular formula is C28H24F3NO3S. The van der Waals surface area contributed by atoms with Crippen LogP contribution in [0.4, 0.5) is 13.2 Å². The van der Waals surface area contributed by atoms with Crippen molar-refractivity contribution in [1.29, 1.82) is 0 Å². The number of aromatic nitrogens is 1. The van der Waals surface area contributed by atoms with Gasteiger partial charge in [0.05, 0.1) is 6.61 Å². The minimum atomic E-state index is -4.44. The molecule has 2 aromatic carbocycles. The fraction of sp³-hybridized carbons (Fsp3) is 0.179. The summed E-state index contributed by atoms with van der Waals surface area (Å²) < 4.78 is 53.6. The number of halogens is 3. The van der Waals surface area contributed by atoms with Crippen LogP contribution in [0.1, 0.15) is 22.4 Å². The third-order valence-electron chi connectivity index (χ3n) is 5.45. The van der Waals surface area contributed by atoms with Gasteiger partial charge in [0, 0.05) is 40.2 Å². The predicted octanol–water partition coefficient (Wildman–Crippen LogP) is 7.64. The zero-order valence-corrected chi connectivity index (χ0v) is 20.5. The molecule has 0 saturated carbocycles. The Hall–Kier alpha value is -3.78. The molecule has 0 amide bonds. The lowest BCUT2D eigenvalue weighted by atomic mass is 10.1. The maximum atomic E-state index is 13.6. The molecule has 4 nitrogen and oxygen atoms in total. The quantitative estimate of drug-likeness (QED) is 0.139. The van der Waals surface area contributed by atoms with Crippen LogP contribution in [0.3, 0.4) is 0 Å². The molecule has 4 rings (SSSR count). The highest BCUT2D eigenvalue weighted by atomic mass is 32.1. The molecule has 0 spiro atoms. The number of allylic oxidation sites excluding steroid dienone is 2. The van der Waals surface area contributed by atoms with Gasteiger partial charge >= 0.3 is 12.1 Å². The Bertz CT molecular complexity index is 1420. The summed E-state index contributed by atoms with van der Waals surface area (Å²) in [6, 6.07) is 17.6. The van der Waals surface area contributed by atoms with Crippen LogP contribution in [-0.2, 0) is 29.4 Å². The summed E-state index contributed by atoms with van der Waals surface area (Å²) in [5.41, 5.74) is 2.57. The Balaban J connectivity index is 1.50. The number of alkyl halides is 3. The fourth-order valence-electron chi connectivity index (χ4n) is 3.79. The summed E-state index contributed by atoms with van der Waals surface area (Å²) in [7, 11) is 1.92. The Morgan fingerprint density at radius 3 is 2.56 bits per heavy atom. The third-order valence-corrected chi connectivity index (χ3v) is 6.61. The summed E-state index contributed by atoms with van der Waals surface area (Å²) in [5.74, 6) is 0.166. The van der Waals surface area contributed by atoms with E-state index in [0.717, 1.165) is 16.6 Å². The molecule has 8 heteroatoms. The maximum absolute atomic E-state index is 13.6. The van der Waals surface area contributed by atoms with Crippen LogP contribution in [0.2, 0.25) is 0 Å². The molecule has 2 heterocycles. The number of esters is 1. The van der Waals surface area contributed by atoms with Crippen LogP contribution in [0.5, 0.6) is 5.75 Å². The van der Waals surface area contributed by atoms with Gasteiger partial charge in [-0.25, -0.2) is 4.79 Å². The van der Waals surface area contributed by atoms with Crippen molar-refractivity contribution in [1.82, 2.24) is 4.57 Å². The van der Waals surface area contributed by atoms with Crippen molar-refractivity contribution in [3.8, 4) is 16.9 Å². The molecule has 0 saturated heterocycles. The van der Waals surface area contributed by atoms with Crippen molar-refractivity contribution in [3.63, 3.8) is 0 Å². The van der Waals surface area contributed by atoms with Crippen LogP contribution in [0, 0.1) is 0 Å². The summed E-state index contributed by atoms with van der Waals surface area (Å²) in [6.45, 7) is 2.10. The second kappa shape index (κ2) is 10.9. The third kappa shape index (κ3) is 5.88. The van der Waals surface area contributed by atoms with Crippen LogP contribution in [0.25, 0.3) is 28.1 Å². The molecule has 0 fully saturated rings. The van der Waals surface area contributed by atoms with E-state index in [1.807, 2.05) is 35.9 Å². The van der Waals surface area contributed by atoms with Gasteiger partial charge in [0.25, 0.3) is 0 Å². The number of fused-ring (bicyclic) bond motifs is 1. The van der Waals surface area contributed by atoms with Crippen LogP contribution in [-0.4, -0.2) is 17.1 Å². The maximum Gasteiger partial charge on any atom is 0.426 e. The lowest BCUT2D eigenvalue weighted by Gasteiger charge is -2.07. The van der Waals surface area contributed by atoms with E-state index >= 15 is 0 Å². The second-order valence-electron chi connectivity index (χ2n) is 7.93. The van der Waals surface area contributed by atoms with E-state index in [1.54, 1.807) is 61.5 Å². The van der Waals surface area contributed by atoms with Crippen LogP contribution >= 0.6 is 11.3 Å². The number of nitrogens with zero attached hydrogens (tertiary/aromatic N) is 1. The van der Waals surface area contributed by atoms with E-state index in [1.165, 1.54) is 6.08 Å². The first-order chi connectivity index (χ1) is 17.3. The van der Waals surface area contributed by atoms with Gasteiger partial charge in [0.2, 0.25) is 0 Å². The zero-order valence-electron chi connectivity index (χ0n) is 19.7. The molecule has 186 valence electrons. The van der Waals surface area contributed by atoms with Gasteiger partial charge in [-0.05, 0) is 48.9 Å². The Kier molecular flexibility index (Phi) is 7.64. The van der Waals surface area contributed by atoms with E-state index in [2.05, 4.69) is 0 Å². The molecule has 0 radical (unpaired) electrons. The van der Waals surface area contributed by atoms with Gasteiger partial charge in [-0.3, -0.25) is 0 Å². The highest BCUT2D eigenvalue weighted by molar-refractivity contribution is 7.12. The van der Waals surface area contributed by atoms with E-state index in [-0.39, 0.29) is 12.2 Å². The molecule has 0 aliphatic heterocycles. The summed E-state index contributed by atoms with van der Waals surface area (Å²) in [4.78, 5) is 11.3. The number of ether oxygens (including phenoxy) is 2. The van der Waals surface area contributed by atoms with Crippen molar-refractivity contribution in [2.75, 3.05) is 6.61 Å². The topological polar surface area (TPSA) is 40.5 Å². The normalized spacial score (nSPS) is 12.1. The van der Waals surface area contributed by atoms with E-state index in [0.29, 0.717) is 34.1 Å². The summed E-state index contributed by atoms with van der Waals surface area (Å²) in [6.07, 6.45) is 2.15. The zero-order chi connectivity index (χ0) is 25.7. The van der Waals surface area contributed by atoms with Gasteiger partial charge in [0.15, 0.2) is 0 Å².